The van der Waals surface area contributed by atoms with Gasteiger partial charge in [0.05, 0.1) is 6.61 Å². The molecule has 3 aromatic rings. The summed E-state index contributed by atoms with van der Waals surface area (Å²) in [5.74, 6) is 0.355. The van der Waals surface area contributed by atoms with Gasteiger partial charge in [0.15, 0.2) is 0 Å². The second-order valence-corrected chi connectivity index (χ2v) is 7.00. The molecule has 2 N–H and O–H groups in total. The maximum absolute atomic E-state index is 13.4. The van der Waals surface area contributed by atoms with Gasteiger partial charge >= 0.3 is 6.18 Å². The molecule has 5 nitrogen and oxygen atoms in total. The minimum Gasteiger partial charge on any atom is -0.494 e. The summed E-state index contributed by atoms with van der Waals surface area (Å²) in [4.78, 5) is 7.83. The van der Waals surface area contributed by atoms with Gasteiger partial charge in [-0.1, -0.05) is 22.9 Å². The first kappa shape index (κ1) is 20.9. The molecule has 2 aromatic carbocycles. The molecule has 0 aliphatic rings. The minimum atomic E-state index is -4.59. The number of nitrogens with zero attached hydrogens (tertiary/aromatic N) is 2. The second kappa shape index (κ2) is 9.13. The first-order valence-corrected chi connectivity index (χ1v) is 9.61. The van der Waals surface area contributed by atoms with Crippen molar-refractivity contribution in [2.24, 2.45) is 0 Å². The van der Waals surface area contributed by atoms with Gasteiger partial charge in [-0.3, -0.25) is 0 Å². The fourth-order valence-electron chi connectivity index (χ4n) is 2.40. The van der Waals surface area contributed by atoms with E-state index >= 15 is 0 Å². The summed E-state index contributed by atoms with van der Waals surface area (Å²) in [5.41, 5.74) is 0.147. The van der Waals surface area contributed by atoms with Crippen molar-refractivity contribution in [1.82, 2.24) is 9.97 Å². The number of aromatic nitrogens is 2. The van der Waals surface area contributed by atoms with Crippen LogP contribution in [0.1, 0.15) is 18.9 Å². The standard InChI is InChI=1S/C20H18BrF3N4O/c1-2-11-29-16-9-7-14(8-10-16)26-18-17(20(22,23)24)12-25-19(28-18)27-15-5-3-13(21)4-6-15/h3-10,12H,2,11H2,1H3,(H2,25,26,27,28). The molecule has 152 valence electrons. The smallest absolute Gasteiger partial charge is 0.421 e. The van der Waals surface area contributed by atoms with Crippen LogP contribution in [0.25, 0.3) is 0 Å². The largest absolute Gasteiger partial charge is 0.494 e. The van der Waals surface area contributed by atoms with Gasteiger partial charge in [0, 0.05) is 22.0 Å². The van der Waals surface area contributed by atoms with E-state index in [9.17, 15) is 13.2 Å². The van der Waals surface area contributed by atoms with E-state index in [1.165, 1.54) is 0 Å². The monoisotopic (exact) mass is 466 g/mol. The zero-order valence-electron chi connectivity index (χ0n) is 15.4. The van der Waals surface area contributed by atoms with Crippen LogP contribution >= 0.6 is 15.9 Å². The molecular formula is C20H18BrF3N4O. The third-order valence-electron chi connectivity index (χ3n) is 3.78. The third-order valence-corrected chi connectivity index (χ3v) is 4.31. The summed E-state index contributed by atoms with van der Waals surface area (Å²) < 4.78 is 46.5. The average molecular weight is 467 g/mol. The Morgan fingerprint density at radius 1 is 0.966 bits per heavy atom. The lowest BCUT2D eigenvalue weighted by molar-refractivity contribution is -0.137. The number of nitrogens with one attached hydrogen (secondary N) is 2. The zero-order chi connectivity index (χ0) is 20.9. The molecule has 0 fully saturated rings. The molecule has 0 saturated heterocycles. The first-order valence-electron chi connectivity index (χ1n) is 8.82. The molecule has 0 unspecified atom stereocenters. The molecule has 0 aliphatic carbocycles. The summed E-state index contributed by atoms with van der Waals surface area (Å²) in [6.07, 6.45) is -2.97. The molecule has 29 heavy (non-hydrogen) atoms. The predicted molar refractivity (Wildman–Crippen MR) is 110 cm³/mol. The molecule has 0 atom stereocenters. The minimum absolute atomic E-state index is 0.0470. The predicted octanol–water partition coefficient (Wildman–Crippen LogP) is 6.53. The van der Waals surface area contributed by atoms with Crippen molar-refractivity contribution in [2.75, 3.05) is 17.2 Å². The summed E-state index contributed by atoms with van der Waals surface area (Å²) in [7, 11) is 0. The molecule has 0 radical (unpaired) electrons. The van der Waals surface area contributed by atoms with Crippen molar-refractivity contribution in [3.8, 4) is 5.75 Å². The number of hydrogen-bond donors (Lipinski definition) is 2. The van der Waals surface area contributed by atoms with Crippen LogP contribution < -0.4 is 15.4 Å². The molecule has 0 bridgehead atoms. The topological polar surface area (TPSA) is 59.1 Å². The van der Waals surface area contributed by atoms with Gasteiger partial charge in [-0.2, -0.15) is 18.2 Å². The second-order valence-electron chi connectivity index (χ2n) is 6.08. The van der Waals surface area contributed by atoms with Crippen LogP contribution in [-0.2, 0) is 6.18 Å². The lowest BCUT2D eigenvalue weighted by atomic mass is 10.2. The Balaban J connectivity index is 1.85. The molecule has 0 aliphatic heterocycles. The van der Waals surface area contributed by atoms with Crippen molar-refractivity contribution in [2.45, 2.75) is 19.5 Å². The van der Waals surface area contributed by atoms with Crippen LogP contribution in [0.4, 0.5) is 36.3 Å². The van der Waals surface area contributed by atoms with E-state index in [0.717, 1.165) is 17.1 Å². The van der Waals surface area contributed by atoms with Crippen molar-refractivity contribution in [3.05, 3.63) is 64.8 Å². The summed E-state index contributed by atoms with van der Waals surface area (Å²) in [6, 6.07) is 13.8. The average Bonchev–Trinajstić information content (AvgIpc) is 2.68. The number of benzene rings is 2. The van der Waals surface area contributed by atoms with Crippen molar-refractivity contribution in [3.63, 3.8) is 0 Å². The maximum atomic E-state index is 13.4. The normalized spacial score (nSPS) is 11.2. The number of rotatable bonds is 7. The molecule has 1 aromatic heterocycles. The van der Waals surface area contributed by atoms with E-state index in [-0.39, 0.29) is 11.8 Å². The van der Waals surface area contributed by atoms with Crippen LogP contribution in [0.15, 0.2) is 59.2 Å². The van der Waals surface area contributed by atoms with Gasteiger partial charge in [0.1, 0.15) is 17.1 Å². The van der Waals surface area contributed by atoms with Crippen molar-refractivity contribution < 1.29 is 17.9 Å². The van der Waals surface area contributed by atoms with Crippen LogP contribution in [0.2, 0.25) is 0 Å². The highest BCUT2D eigenvalue weighted by atomic mass is 79.9. The highest BCUT2D eigenvalue weighted by Crippen LogP contribution is 2.35. The number of hydrogen-bond acceptors (Lipinski definition) is 5. The van der Waals surface area contributed by atoms with Crippen molar-refractivity contribution >= 4 is 39.1 Å². The van der Waals surface area contributed by atoms with E-state index in [1.807, 2.05) is 6.92 Å². The maximum Gasteiger partial charge on any atom is 0.421 e. The van der Waals surface area contributed by atoms with Gasteiger partial charge in [-0.15, -0.1) is 0 Å². The first-order chi connectivity index (χ1) is 13.8. The Morgan fingerprint density at radius 3 is 2.21 bits per heavy atom. The Morgan fingerprint density at radius 2 is 1.59 bits per heavy atom. The number of ether oxygens (including phenoxy) is 1. The van der Waals surface area contributed by atoms with Crippen LogP contribution in [0.5, 0.6) is 5.75 Å². The van der Waals surface area contributed by atoms with Gasteiger partial charge < -0.3 is 15.4 Å². The van der Waals surface area contributed by atoms with Gasteiger partial charge in [-0.05, 0) is 55.0 Å². The highest BCUT2D eigenvalue weighted by Gasteiger charge is 2.35. The van der Waals surface area contributed by atoms with E-state index in [4.69, 9.17) is 4.74 Å². The zero-order valence-corrected chi connectivity index (χ0v) is 17.0. The molecule has 3 rings (SSSR count). The Hall–Kier alpha value is -2.81. The molecule has 0 amide bonds. The van der Waals surface area contributed by atoms with Crippen LogP contribution in [-0.4, -0.2) is 16.6 Å². The van der Waals surface area contributed by atoms with E-state index < -0.39 is 11.7 Å². The van der Waals surface area contributed by atoms with E-state index in [2.05, 4.69) is 36.5 Å². The summed E-state index contributed by atoms with van der Waals surface area (Å²) >= 11 is 3.33. The van der Waals surface area contributed by atoms with E-state index in [0.29, 0.717) is 23.7 Å². The molecule has 1 heterocycles. The Bertz CT molecular complexity index is 947. The van der Waals surface area contributed by atoms with Crippen LogP contribution in [0.3, 0.4) is 0 Å². The summed E-state index contributed by atoms with van der Waals surface area (Å²) in [5, 5.41) is 5.62. The number of anilines is 4. The SMILES string of the molecule is CCCOc1ccc(Nc2nc(Nc3ccc(Br)cc3)ncc2C(F)(F)F)cc1. The van der Waals surface area contributed by atoms with E-state index in [1.54, 1.807) is 48.5 Å². The molecule has 0 spiro atoms. The van der Waals surface area contributed by atoms with Gasteiger partial charge in [0.2, 0.25) is 5.95 Å². The Kier molecular flexibility index (Phi) is 6.58. The van der Waals surface area contributed by atoms with Gasteiger partial charge in [-0.25, -0.2) is 4.98 Å². The lowest BCUT2D eigenvalue weighted by Gasteiger charge is -2.15. The summed E-state index contributed by atoms with van der Waals surface area (Å²) in [6.45, 7) is 2.56. The molecule has 0 saturated carbocycles. The fraction of sp³-hybridized carbons (Fsp3) is 0.200. The number of alkyl halides is 3. The molecule has 9 heteroatoms. The Labute approximate surface area is 174 Å². The quantitative estimate of drug-likeness (QED) is 0.414. The fourth-order valence-corrected chi connectivity index (χ4v) is 2.66. The lowest BCUT2D eigenvalue weighted by Crippen LogP contribution is -2.12. The third kappa shape index (κ3) is 5.83. The molecular weight excluding hydrogens is 449 g/mol. The van der Waals surface area contributed by atoms with Crippen molar-refractivity contribution in [1.29, 1.82) is 0 Å². The van der Waals surface area contributed by atoms with Gasteiger partial charge in [0.25, 0.3) is 0 Å². The highest BCUT2D eigenvalue weighted by molar-refractivity contribution is 9.10. The van der Waals surface area contributed by atoms with Crippen LogP contribution in [0, 0.1) is 0 Å². The number of halogens is 4.